The monoisotopic (exact) mass is 432 g/mol. The van der Waals surface area contributed by atoms with Crippen LogP contribution < -0.4 is 0 Å². The van der Waals surface area contributed by atoms with E-state index in [1.165, 1.54) is 11.1 Å². The van der Waals surface area contributed by atoms with E-state index in [-0.39, 0.29) is 0 Å². The molecule has 0 unspecified atom stereocenters. The van der Waals surface area contributed by atoms with E-state index in [4.69, 9.17) is 5.11 Å². The summed E-state index contributed by atoms with van der Waals surface area (Å²) in [6, 6.07) is 25.3. The van der Waals surface area contributed by atoms with Crippen LogP contribution in [0.2, 0.25) is 0 Å². The Labute approximate surface area is 152 Å². The molecule has 3 rings (SSSR count). The van der Waals surface area contributed by atoms with Gasteiger partial charge in [0.2, 0.25) is 0 Å². The Balaban J connectivity index is 0.000000174. The number of rotatable bonds is 2. The Morgan fingerprint density at radius 2 is 1.22 bits per heavy atom. The van der Waals surface area contributed by atoms with E-state index < -0.39 is 5.97 Å². The number of hydrogen-bond acceptors (Lipinski definition) is 1. The van der Waals surface area contributed by atoms with Crippen molar-refractivity contribution in [2.75, 3.05) is 0 Å². The van der Waals surface area contributed by atoms with Gasteiger partial charge in [0.25, 0.3) is 0 Å². The molecular weight excluding hydrogens is 420 g/mol. The summed E-state index contributed by atoms with van der Waals surface area (Å²) in [4.78, 5) is 10.4. The highest BCUT2D eigenvalue weighted by atomic mass is 79.9. The Morgan fingerprint density at radius 1 is 0.696 bits per heavy atom. The van der Waals surface area contributed by atoms with E-state index in [0.717, 1.165) is 4.47 Å². The molecule has 0 radical (unpaired) electrons. The summed E-state index contributed by atoms with van der Waals surface area (Å²) in [5.41, 5.74) is 2.78. The van der Waals surface area contributed by atoms with E-state index in [2.05, 4.69) is 68.3 Å². The second-order valence-electron chi connectivity index (χ2n) is 4.63. The Bertz CT molecular complexity index is 786. The van der Waals surface area contributed by atoms with Gasteiger partial charge < -0.3 is 5.11 Å². The van der Waals surface area contributed by atoms with Crippen molar-refractivity contribution in [1.29, 1.82) is 0 Å². The molecule has 0 heterocycles. The highest BCUT2D eigenvalue weighted by Gasteiger charge is 2.04. The lowest BCUT2D eigenvalue weighted by Gasteiger charge is -2.02. The van der Waals surface area contributed by atoms with Crippen molar-refractivity contribution < 1.29 is 9.90 Å². The van der Waals surface area contributed by atoms with Crippen LogP contribution in [-0.4, -0.2) is 11.1 Å². The minimum absolute atomic E-state index is 0.294. The normalized spacial score (nSPS) is 9.65. The zero-order chi connectivity index (χ0) is 16.7. The molecule has 0 bridgehead atoms. The van der Waals surface area contributed by atoms with Crippen LogP contribution in [0.15, 0.2) is 87.8 Å². The maximum absolute atomic E-state index is 10.4. The van der Waals surface area contributed by atoms with Crippen LogP contribution in [0.4, 0.5) is 0 Å². The number of carbonyl (C=O) groups is 1. The van der Waals surface area contributed by atoms with Crippen molar-refractivity contribution in [1.82, 2.24) is 0 Å². The third kappa shape index (κ3) is 5.05. The summed E-state index contributed by atoms with van der Waals surface area (Å²) in [5.74, 6) is -0.910. The van der Waals surface area contributed by atoms with Gasteiger partial charge in [0, 0.05) is 8.95 Å². The number of aromatic carboxylic acids is 1. The summed E-state index contributed by atoms with van der Waals surface area (Å²) in [6.45, 7) is 0. The van der Waals surface area contributed by atoms with Gasteiger partial charge in [0.15, 0.2) is 0 Å². The fraction of sp³-hybridized carbons (Fsp3) is 0. The Kier molecular flexibility index (Phi) is 6.56. The topological polar surface area (TPSA) is 37.3 Å². The third-order valence-corrected chi connectivity index (χ3v) is 4.45. The van der Waals surface area contributed by atoms with Crippen molar-refractivity contribution in [2.45, 2.75) is 0 Å². The number of carboxylic acids is 1. The van der Waals surface area contributed by atoms with Crippen molar-refractivity contribution in [3.05, 3.63) is 93.4 Å². The maximum Gasteiger partial charge on any atom is 0.336 e. The molecule has 0 saturated heterocycles. The molecule has 3 aromatic carbocycles. The molecule has 0 aromatic heterocycles. The molecule has 0 atom stereocenters. The van der Waals surface area contributed by atoms with Crippen LogP contribution in [0.5, 0.6) is 0 Å². The van der Waals surface area contributed by atoms with Gasteiger partial charge >= 0.3 is 5.97 Å². The number of halogens is 2. The molecule has 0 aliphatic carbocycles. The van der Waals surface area contributed by atoms with Crippen LogP contribution in [0.3, 0.4) is 0 Å². The Hall–Kier alpha value is -1.91. The van der Waals surface area contributed by atoms with Crippen LogP contribution in [0.25, 0.3) is 11.1 Å². The minimum atomic E-state index is -0.910. The molecule has 0 aliphatic heterocycles. The fourth-order valence-electron chi connectivity index (χ4n) is 1.95. The average Bonchev–Trinajstić information content (AvgIpc) is 2.57. The predicted molar refractivity (Wildman–Crippen MR) is 101 cm³/mol. The van der Waals surface area contributed by atoms with Crippen LogP contribution in [0, 0.1) is 0 Å². The van der Waals surface area contributed by atoms with Crippen LogP contribution >= 0.6 is 31.9 Å². The molecule has 0 aliphatic rings. The summed E-state index contributed by atoms with van der Waals surface area (Å²) >= 11 is 6.65. The molecule has 23 heavy (non-hydrogen) atoms. The fourth-order valence-corrected chi connectivity index (χ4v) is 2.92. The van der Waals surface area contributed by atoms with Gasteiger partial charge in [-0.15, -0.1) is 0 Å². The van der Waals surface area contributed by atoms with Gasteiger partial charge in [-0.25, -0.2) is 4.79 Å². The number of hydrogen-bond donors (Lipinski definition) is 1. The molecular formula is C19H14Br2O2. The first kappa shape index (κ1) is 17.4. The molecule has 0 spiro atoms. The van der Waals surface area contributed by atoms with E-state index in [1.54, 1.807) is 24.3 Å². The van der Waals surface area contributed by atoms with E-state index in [1.807, 2.05) is 18.2 Å². The lowest BCUT2D eigenvalue weighted by molar-refractivity contribution is 0.0696. The van der Waals surface area contributed by atoms with Gasteiger partial charge in [-0.3, -0.25) is 0 Å². The summed E-state index contributed by atoms with van der Waals surface area (Å²) in [5, 5.41) is 8.54. The minimum Gasteiger partial charge on any atom is -0.478 e. The quantitative estimate of drug-likeness (QED) is 0.517. The maximum atomic E-state index is 10.4. The predicted octanol–water partition coefficient (Wildman–Crippen LogP) is 6.26. The average molecular weight is 434 g/mol. The summed E-state index contributed by atoms with van der Waals surface area (Å²) < 4.78 is 1.75. The van der Waals surface area contributed by atoms with Crippen molar-refractivity contribution >= 4 is 37.8 Å². The third-order valence-electron chi connectivity index (χ3n) is 3.06. The smallest absolute Gasteiger partial charge is 0.336 e. The molecule has 3 aromatic rings. The first-order chi connectivity index (χ1) is 11.1. The van der Waals surface area contributed by atoms with E-state index >= 15 is 0 Å². The van der Waals surface area contributed by atoms with Gasteiger partial charge in [0.05, 0.1) is 5.56 Å². The first-order valence-corrected chi connectivity index (χ1v) is 8.46. The molecule has 116 valence electrons. The van der Waals surface area contributed by atoms with Crippen molar-refractivity contribution in [3.8, 4) is 11.1 Å². The van der Waals surface area contributed by atoms with Crippen LogP contribution in [-0.2, 0) is 0 Å². The van der Waals surface area contributed by atoms with Crippen molar-refractivity contribution in [3.63, 3.8) is 0 Å². The second kappa shape index (κ2) is 8.65. The van der Waals surface area contributed by atoms with E-state index in [0.29, 0.717) is 10.0 Å². The highest BCUT2D eigenvalue weighted by molar-refractivity contribution is 9.10. The molecule has 0 amide bonds. The van der Waals surface area contributed by atoms with Gasteiger partial charge in [-0.1, -0.05) is 76.6 Å². The zero-order valence-electron chi connectivity index (χ0n) is 12.1. The van der Waals surface area contributed by atoms with Crippen LogP contribution in [0.1, 0.15) is 10.4 Å². The van der Waals surface area contributed by atoms with E-state index in [9.17, 15) is 4.79 Å². The molecule has 4 heteroatoms. The lowest BCUT2D eigenvalue weighted by atomic mass is 10.1. The number of carboxylic acid groups (broad SMARTS) is 1. The second-order valence-corrected chi connectivity index (χ2v) is 6.34. The van der Waals surface area contributed by atoms with Gasteiger partial charge in [-0.2, -0.15) is 0 Å². The summed E-state index contributed by atoms with van der Waals surface area (Å²) in [7, 11) is 0. The highest BCUT2D eigenvalue weighted by Crippen LogP contribution is 2.27. The molecule has 1 N–H and O–H groups in total. The van der Waals surface area contributed by atoms with Gasteiger partial charge in [-0.05, 0) is 45.3 Å². The lowest BCUT2D eigenvalue weighted by Crippen LogP contribution is -1.95. The van der Waals surface area contributed by atoms with Crippen molar-refractivity contribution in [2.24, 2.45) is 0 Å². The largest absolute Gasteiger partial charge is 0.478 e. The summed E-state index contributed by atoms with van der Waals surface area (Å²) in [6.07, 6.45) is 0. The molecule has 0 fully saturated rings. The first-order valence-electron chi connectivity index (χ1n) is 6.87. The zero-order valence-corrected chi connectivity index (χ0v) is 15.3. The number of benzene rings is 3. The molecule has 0 saturated carbocycles. The molecule has 2 nitrogen and oxygen atoms in total. The standard InChI is InChI=1S/C12H9Br.C7H5BrO2/c13-12-9-5-4-8-11(12)10-6-2-1-3-7-10;8-6-4-2-1-3-5(6)7(9)10/h1-9H;1-4H,(H,9,10). The van der Waals surface area contributed by atoms with Gasteiger partial charge in [0.1, 0.15) is 0 Å². The SMILES string of the molecule is Brc1ccccc1-c1ccccc1.O=C(O)c1ccccc1Br. The Morgan fingerprint density at radius 3 is 1.74 bits per heavy atom.